The third kappa shape index (κ3) is 3.20. The number of fused-ring (bicyclic) bond motifs is 1. The average Bonchev–Trinajstić information content (AvgIpc) is 3.04. The Kier molecular flexibility index (Phi) is 4.26. The fourth-order valence-electron chi connectivity index (χ4n) is 2.03. The smallest absolute Gasteiger partial charge is 0.319 e. The van der Waals surface area contributed by atoms with Crippen LogP contribution in [0.25, 0.3) is 10.1 Å². The summed E-state index contributed by atoms with van der Waals surface area (Å²) in [5.41, 5.74) is 0. The van der Waals surface area contributed by atoms with E-state index in [1.807, 2.05) is 31.2 Å². The van der Waals surface area contributed by atoms with Gasteiger partial charge in [0.25, 0.3) is 0 Å². The predicted molar refractivity (Wildman–Crippen MR) is 88.7 cm³/mol. The number of carbonyl (C=O) groups is 1. The molecule has 22 heavy (non-hydrogen) atoms. The minimum atomic E-state index is -0.291. The fraction of sp³-hybridized carbons (Fsp3) is 0.214. The van der Waals surface area contributed by atoms with E-state index in [-0.39, 0.29) is 6.03 Å². The summed E-state index contributed by atoms with van der Waals surface area (Å²) in [5, 5.41) is 14.5. The van der Waals surface area contributed by atoms with E-state index in [0.29, 0.717) is 28.8 Å². The molecule has 0 saturated heterocycles. The number of anilines is 1. The standard InChI is InChI=1S/C14H14ClN5OS/c1-8-17-11(20-19-8)6-7-16-14(21)18-13-12(15)9-4-2-3-5-10(9)22-13/h2-5H,6-7H2,1H3,(H2,16,18,21)(H,17,19,20). The number of thiophene rings is 1. The minimum absolute atomic E-state index is 0.291. The maximum absolute atomic E-state index is 11.9. The van der Waals surface area contributed by atoms with E-state index in [0.717, 1.165) is 15.9 Å². The Morgan fingerprint density at radius 1 is 1.41 bits per heavy atom. The molecular weight excluding hydrogens is 322 g/mol. The van der Waals surface area contributed by atoms with Crippen molar-refractivity contribution >= 4 is 44.1 Å². The number of hydrogen-bond donors (Lipinski definition) is 3. The zero-order chi connectivity index (χ0) is 15.5. The number of amides is 2. The molecule has 0 atom stereocenters. The maximum Gasteiger partial charge on any atom is 0.319 e. The van der Waals surface area contributed by atoms with Gasteiger partial charge in [0.15, 0.2) is 5.82 Å². The molecule has 2 aromatic heterocycles. The van der Waals surface area contributed by atoms with Gasteiger partial charge in [0, 0.05) is 23.1 Å². The van der Waals surface area contributed by atoms with Crippen molar-refractivity contribution in [2.45, 2.75) is 13.3 Å². The number of aromatic nitrogens is 3. The molecule has 0 aliphatic carbocycles. The lowest BCUT2D eigenvalue weighted by atomic mass is 10.3. The molecule has 0 radical (unpaired) electrons. The monoisotopic (exact) mass is 335 g/mol. The van der Waals surface area contributed by atoms with Crippen molar-refractivity contribution in [2.24, 2.45) is 0 Å². The van der Waals surface area contributed by atoms with Crippen LogP contribution in [0.4, 0.5) is 9.80 Å². The van der Waals surface area contributed by atoms with E-state index in [4.69, 9.17) is 11.6 Å². The third-order valence-corrected chi connectivity index (χ3v) is 4.63. The Labute approximate surface area is 135 Å². The van der Waals surface area contributed by atoms with Crippen LogP contribution >= 0.6 is 22.9 Å². The molecule has 0 aliphatic rings. The van der Waals surface area contributed by atoms with Gasteiger partial charge in [-0.15, -0.1) is 11.3 Å². The first-order valence-electron chi connectivity index (χ1n) is 6.73. The van der Waals surface area contributed by atoms with Gasteiger partial charge in [0.05, 0.1) is 5.02 Å². The van der Waals surface area contributed by atoms with E-state index in [1.54, 1.807) is 0 Å². The highest BCUT2D eigenvalue weighted by Crippen LogP contribution is 2.39. The number of halogens is 1. The number of benzene rings is 1. The van der Waals surface area contributed by atoms with Crippen molar-refractivity contribution in [3.05, 3.63) is 40.9 Å². The van der Waals surface area contributed by atoms with Crippen LogP contribution in [0, 0.1) is 6.92 Å². The molecule has 0 unspecified atom stereocenters. The maximum atomic E-state index is 11.9. The van der Waals surface area contributed by atoms with Crippen LogP contribution in [0.15, 0.2) is 24.3 Å². The van der Waals surface area contributed by atoms with Gasteiger partial charge in [-0.3, -0.25) is 10.4 Å². The Morgan fingerprint density at radius 2 is 2.23 bits per heavy atom. The highest BCUT2D eigenvalue weighted by atomic mass is 35.5. The molecule has 1 aromatic carbocycles. The lowest BCUT2D eigenvalue weighted by molar-refractivity contribution is 0.252. The molecular formula is C14H14ClN5OS. The highest BCUT2D eigenvalue weighted by Gasteiger charge is 2.12. The van der Waals surface area contributed by atoms with Crippen molar-refractivity contribution in [3.8, 4) is 0 Å². The number of aromatic amines is 1. The largest absolute Gasteiger partial charge is 0.337 e. The van der Waals surface area contributed by atoms with Gasteiger partial charge in [-0.05, 0) is 13.0 Å². The van der Waals surface area contributed by atoms with Crippen molar-refractivity contribution in [2.75, 3.05) is 11.9 Å². The first-order valence-corrected chi connectivity index (χ1v) is 7.92. The van der Waals surface area contributed by atoms with E-state index in [1.165, 1.54) is 11.3 Å². The van der Waals surface area contributed by atoms with Crippen molar-refractivity contribution in [3.63, 3.8) is 0 Å². The summed E-state index contributed by atoms with van der Waals surface area (Å²) in [5.74, 6) is 1.44. The Morgan fingerprint density at radius 3 is 2.95 bits per heavy atom. The normalized spacial score (nSPS) is 10.8. The number of hydrogen-bond acceptors (Lipinski definition) is 4. The Hall–Kier alpha value is -2.12. The second kappa shape index (κ2) is 6.33. The number of aryl methyl sites for hydroxylation is 1. The van der Waals surface area contributed by atoms with Gasteiger partial charge in [-0.1, -0.05) is 29.8 Å². The number of carbonyl (C=O) groups excluding carboxylic acids is 1. The van der Waals surface area contributed by atoms with Crippen LogP contribution in [0.5, 0.6) is 0 Å². The van der Waals surface area contributed by atoms with Crippen LogP contribution in [-0.2, 0) is 6.42 Å². The first kappa shape index (κ1) is 14.8. The number of rotatable bonds is 4. The van der Waals surface area contributed by atoms with Crippen LogP contribution in [-0.4, -0.2) is 27.8 Å². The Balaban J connectivity index is 1.57. The molecule has 0 aliphatic heterocycles. The zero-order valence-corrected chi connectivity index (χ0v) is 13.4. The summed E-state index contributed by atoms with van der Waals surface area (Å²) in [4.78, 5) is 16.1. The van der Waals surface area contributed by atoms with Crippen LogP contribution < -0.4 is 10.6 Å². The summed E-state index contributed by atoms with van der Waals surface area (Å²) < 4.78 is 1.04. The molecule has 3 aromatic rings. The number of H-pyrrole nitrogens is 1. The molecule has 3 N–H and O–H groups in total. The van der Waals surface area contributed by atoms with Crippen molar-refractivity contribution < 1.29 is 4.79 Å². The molecule has 2 amide bonds. The molecule has 114 valence electrons. The second-order valence-corrected chi connectivity index (χ2v) is 6.14. The summed E-state index contributed by atoms with van der Waals surface area (Å²) >= 11 is 7.73. The lowest BCUT2D eigenvalue weighted by Gasteiger charge is -2.05. The van der Waals surface area contributed by atoms with Crippen LogP contribution in [0.1, 0.15) is 11.6 Å². The van der Waals surface area contributed by atoms with Crippen LogP contribution in [0.2, 0.25) is 5.02 Å². The van der Waals surface area contributed by atoms with E-state index in [9.17, 15) is 4.79 Å². The van der Waals surface area contributed by atoms with Crippen molar-refractivity contribution in [1.82, 2.24) is 20.5 Å². The Bertz CT molecular complexity index is 813. The van der Waals surface area contributed by atoms with Crippen molar-refractivity contribution in [1.29, 1.82) is 0 Å². The number of nitrogens with zero attached hydrogens (tertiary/aromatic N) is 2. The molecule has 0 spiro atoms. The number of urea groups is 1. The van der Waals surface area contributed by atoms with Crippen LogP contribution in [0.3, 0.4) is 0 Å². The first-order chi connectivity index (χ1) is 10.6. The predicted octanol–water partition coefficient (Wildman–Crippen LogP) is 3.35. The molecule has 3 rings (SSSR count). The zero-order valence-electron chi connectivity index (χ0n) is 11.8. The third-order valence-electron chi connectivity index (χ3n) is 3.04. The summed E-state index contributed by atoms with van der Waals surface area (Å²) in [7, 11) is 0. The molecule has 0 saturated carbocycles. The lowest BCUT2D eigenvalue weighted by Crippen LogP contribution is -2.30. The quantitative estimate of drug-likeness (QED) is 0.683. The van der Waals surface area contributed by atoms with Gasteiger partial charge in [0.2, 0.25) is 0 Å². The van der Waals surface area contributed by atoms with Gasteiger partial charge in [0.1, 0.15) is 10.8 Å². The SMILES string of the molecule is Cc1nc(CCNC(=O)Nc2sc3ccccc3c2Cl)n[nH]1. The highest BCUT2D eigenvalue weighted by molar-refractivity contribution is 7.23. The van der Waals surface area contributed by atoms with E-state index >= 15 is 0 Å². The molecule has 0 bridgehead atoms. The van der Waals surface area contributed by atoms with Gasteiger partial charge in [-0.2, -0.15) is 5.10 Å². The van der Waals surface area contributed by atoms with E-state index in [2.05, 4.69) is 25.8 Å². The molecule has 0 fully saturated rings. The molecule has 6 nitrogen and oxygen atoms in total. The summed E-state index contributed by atoms with van der Waals surface area (Å²) in [6.45, 7) is 2.28. The molecule has 8 heteroatoms. The van der Waals surface area contributed by atoms with E-state index < -0.39 is 0 Å². The van der Waals surface area contributed by atoms with Gasteiger partial charge < -0.3 is 5.32 Å². The van der Waals surface area contributed by atoms with Gasteiger partial charge in [-0.25, -0.2) is 9.78 Å². The topological polar surface area (TPSA) is 82.7 Å². The summed E-state index contributed by atoms with van der Waals surface area (Å²) in [6.07, 6.45) is 0.567. The number of nitrogens with one attached hydrogen (secondary N) is 3. The summed E-state index contributed by atoms with van der Waals surface area (Å²) in [6, 6.07) is 7.48. The fourth-order valence-corrected chi connectivity index (χ4v) is 3.40. The average molecular weight is 336 g/mol. The van der Waals surface area contributed by atoms with Gasteiger partial charge >= 0.3 is 6.03 Å². The molecule has 2 heterocycles. The minimum Gasteiger partial charge on any atom is -0.337 e. The second-order valence-electron chi connectivity index (χ2n) is 4.71.